The third-order valence-electron chi connectivity index (χ3n) is 5.23. The van der Waals surface area contributed by atoms with Crippen LogP contribution in [0.15, 0.2) is 30.3 Å². The molecule has 3 atom stereocenters. The summed E-state index contributed by atoms with van der Waals surface area (Å²) in [6.07, 6.45) is 11.3. The van der Waals surface area contributed by atoms with Crippen molar-refractivity contribution in [2.75, 3.05) is 5.75 Å². The van der Waals surface area contributed by atoms with Gasteiger partial charge in [-0.3, -0.25) is 4.79 Å². The van der Waals surface area contributed by atoms with Crippen molar-refractivity contribution >= 4 is 17.7 Å². The summed E-state index contributed by atoms with van der Waals surface area (Å²) in [6, 6.07) is 10.3. The average Bonchev–Trinajstić information content (AvgIpc) is 2.64. The molecule has 148 valence electrons. The van der Waals surface area contributed by atoms with Gasteiger partial charge in [0.2, 0.25) is 0 Å². The fourth-order valence-electron chi connectivity index (χ4n) is 3.49. The van der Waals surface area contributed by atoms with Gasteiger partial charge in [-0.15, -0.1) is 0 Å². The molecule has 26 heavy (non-hydrogen) atoms. The zero-order valence-corrected chi connectivity index (χ0v) is 17.8. The minimum absolute atomic E-state index is 0.154. The molecule has 0 spiro atoms. The van der Waals surface area contributed by atoms with Gasteiger partial charge in [0.15, 0.2) is 0 Å². The molecule has 1 aromatic rings. The van der Waals surface area contributed by atoms with Crippen LogP contribution < -0.4 is 0 Å². The molecular weight excluding hydrogens is 340 g/mol. The first-order valence-electron chi connectivity index (χ1n) is 10.5. The number of unbranched alkanes of at least 4 members (excludes halogenated alkanes) is 2. The molecule has 3 unspecified atom stereocenters. The van der Waals surface area contributed by atoms with Crippen LogP contribution in [0.1, 0.15) is 77.7 Å². The molecule has 0 heterocycles. The van der Waals surface area contributed by atoms with Gasteiger partial charge in [0, 0.05) is 5.25 Å². The lowest BCUT2D eigenvalue weighted by atomic mass is 9.92. The van der Waals surface area contributed by atoms with Crippen LogP contribution in [0.4, 0.5) is 0 Å². The lowest BCUT2D eigenvalue weighted by Crippen LogP contribution is -2.25. The van der Waals surface area contributed by atoms with Crippen LogP contribution >= 0.6 is 11.8 Å². The monoisotopic (exact) mass is 378 g/mol. The molecule has 0 amide bonds. The molecule has 0 aliphatic heterocycles. The van der Waals surface area contributed by atoms with Crippen molar-refractivity contribution < 1.29 is 9.90 Å². The summed E-state index contributed by atoms with van der Waals surface area (Å²) in [6.45, 7) is 6.41. The highest BCUT2D eigenvalue weighted by molar-refractivity contribution is 7.99. The van der Waals surface area contributed by atoms with Gasteiger partial charge < -0.3 is 5.11 Å². The van der Waals surface area contributed by atoms with Gasteiger partial charge >= 0.3 is 5.97 Å². The van der Waals surface area contributed by atoms with Crippen LogP contribution in [0, 0.1) is 11.8 Å². The molecule has 0 aliphatic carbocycles. The number of benzene rings is 1. The predicted octanol–water partition coefficient (Wildman–Crippen LogP) is 6.83. The van der Waals surface area contributed by atoms with Gasteiger partial charge in [-0.25, -0.2) is 0 Å². The van der Waals surface area contributed by atoms with Crippen molar-refractivity contribution in [3.8, 4) is 0 Å². The second-order valence-electron chi connectivity index (χ2n) is 7.52. The molecular formula is C23H38O2S. The minimum atomic E-state index is -0.680. The van der Waals surface area contributed by atoms with E-state index in [1.807, 2.05) is 36.9 Å². The van der Waals surface area contributed by atoms with Crippen molar-refractivity contribution in [1.29, 1.82) is 0 Å². The molecule has 1 rings (SSSR count). The van der Waals surface area contributed by atoms with E-state index in [0.29, 0.717) is 0 Å². The molecule has 0 saturated heterocycles. The van der Waals surface area contributed by atoms with Crippen LogP contribution in [0.3, 0.4) is 0 Å². The van der Waals surface area contributed by atoms with Crippen LogP contribution in [-0.2, 0) is 11.2 Å². The van der Waals surface area contributed by atoms with E-state index in [0.717, 1.165) is 18.1 Å². The Labute approximate surface area is 165 Å². The van der Waals surface area contributed by atoms with Crippen molar-refractivity contribution in [3.05, 3.63) is 35.9 Å². The molecule has 0 aromatic heterocycles. The fraction of sp³-hybridized carbons (Fsp3) is 0.696. The summed E-state index contributed by atoms with van der Waals surface area (Å²) in [5.41, 5.74) is 1.24. The first kappa shape index (κ1) is 23.1. The number of hydrogen-bond donors (Lipinski definition) is 1. The Kier molecular flexibility index (Phi) is 12.6. The standard InChI is InChI=1S/C23H38O2S/c1-4-6-13-20(12-5-2)14-10-11-17-26-22(19(3)23(24)25)18-21-15-8-7-9-16-21/h7-9,15-16,19-20,22H,4-6,10-14,17-18H2,1-3H3,(H,24,25). The SMILES string of the molecule is CCCCC(CCC)CCCCSC(Cc1ccccc1)C(C)C(=O)O. The molecule has 1 aromatic carbocycles. The summed E-state index contributed by atoms with van der Waals surface area (Å²) in [5, 5.41) is 9.59. The average molecular weight is 379 g/mol. The van der Waals surface area contributed by atoms with Gasteiger partial charge in [-0.05, 0) is 30.1 Å². The van der Waals surface area contributed by atoms with Gasteiger partial charge in [0.05, 0.1) is 5.92 Å². The normalized spacial score (nSPS) is 14.7. The quantitative estimate of drug-likeness (QED) is 0.340. The zero-order valence-electron chi connectivity index (χ0n) is 17.0. The summed E-state index contributed by atoms with van der Waals surface area (Å²) in [7, 11) is 0. The third-order valence-corrected chi connectivity index (χ3v) is 6.76. The maximum Gasteiger partial charge on any atom is 0.307 e. The lowest BCUT2D eigenvalue weighted by Gasteiger charge is -2.21. The predicted molar refractivity (Wildman–Crippen MR) is 115 cm³/mol. The summed E-state index contributed by atoms with van der Waals surface area (Å²) in [4.78, 5) is 11.5. The molecule has 0 bridgehead atoms. The van der Waals surface area contributed by atoms with Crippen LogP contribution in [0.2, 0.25) is 0 Å². The third kappa shape index (κ3) is 9.66. The van der Waals surface area contributed by atoms with Crippen LogP contribution in [0.25, 0.3) is 0 Å². The highest BCUT2D eigenvalue weighted by atomic mass is 32.2. The topological polar surface area (TPSA) is 37.3 Å². The van der Waals surface area contributed by atoms with Gasteiger partial charge in [-0.2, -0.15) is 11.8 Å². The first-order chi connectivity index (χ1) is 12.6. The van der Waals surface area contributed by atoms with Crippen LogP contribution in [0.5, 0.6) is 0 Å². The van der Waals surface area contributed by atoms with E-state index in [9.17, 15) is 9.90 Å². The van der Waals surface area contributed by atoms with E-state index in [2.05, 4.69) is 26.0 Å². The number of aliphatic carboxylic acids is 1. The molecule has 0 aliphatic rings. The zero-order chi connectivity index (χ0) is 19.2. The minimum Gasteiger partial charge on any atom is -0.481 e. The second-order valence-corrected chi connectivity index (χ2v) is 8.87. The van der Waals surface area contributed by atoms with E-state index in [-0.39, 0.29) is 11.2 Å². The molecule has 0 saturated carbocycles. The van der Waals surface area contributed by atoms with Crippen molar-refractivity contribution in [1.82, 2.24) is 0 Å². The summed E-state index contributed by atoms with van der Waals surface area (Å²) < 4.78 is 0. The summed E-state index contributed by atoms with van der Waals surface area (Å²) >= 11 is 1.85. The smallest absolute Gasteiger partial charge is 0.307 e. The Morgan fingerprint density at radius 2 is 1.69 bits per heavy atom. The van der Waals surface area contributed by atoms with Crippen molar-refractivity contribution in [2.45, 2.75) is 83.8 Å². The maximum absolute atomic E-state index is 11.5. The molecule has 2 nitrogen and oxygen atoms in total. The van der Waals surface area contributed by atoms with E-state index in [1.165, 1.54) is 56.9 Å². The lowest BCUT2D eigenvalue weighted by molar-refractivity contribution is -0.141. The Hall–Kier alpha value is -0.960. The highest BCUT2D eigenvalue weighted by Crippen LogP contribution is 2.27. The van der Waals surface area contributed by atoms with Gasteiger partial charge in [0.25, 0.3) is 0 Å². The van der Waals surface area contributed by atoms with Gasteiger partial charge in [-0.1, -0.05) is 96.0 Å². The number of carbonyl (C=O) groups is 1. The molecule has 1 N–H and O–H groups in total. The van der Waals surface area contributed by atoms with E-state index in [4.69, 9.17) is 0 Å². The first-order valence-corrected chi connectivity index (χ1v) is 11.5. The number of carboxylic acids is 1. The molecule has 0 radical (unpaired) electrons. The second kappa shape index (κ2) is 14.1. The number of rotatable bonds is 15. The Morgan fingerprint density at radius 1 is 1.00 bits per heavy atom. The number of thioether (sulfide) groups is 1. The fourth-order valence-corrected chi connectivity index (χ4v) is 4.88. The van der Waals surface area contributed by atoms with E-state index in [1.54, 1.807) is 0 Å². The Bertz CT molecular complexity index is 474. The number of hydrogen-bond acceptors (Lipinski definition) is 2. The number of carboxylic acid groups (broad SMARTS) is 1. The Morgan fingerprint density at radius 3 is 2.31 bits per heavy atom. The molecule has 3 heteroatoms. The van der Waals surface area contributed by atoms with Crippen molar-refractivity contribution in [3.63, 3.8) is 0 Å². The van der Waals surface area contributed by atoms with Crippen LogP contribution in [-0.4, -0.2) is 22.1 Å². The van der Waals surface area contributed by atoms with Crippen molar-refractivity contribution in [2.24, 2.45) is 11.8 Å². The maximum atomic E-state index is 11.5. The van der Waals surface area contributed by atoms with Gasteiger partial charge in [0.1, 0.15) is 0 Å². The van der Waals surface area contributed by atoms with E-state index < -0.39 is 5.97 Å². The largest absolute Gasteiger partial charge is 0.481 e. The van der Waals surface area contributed by atoms with E-state index >= 15 is 0 Å². The Balaban J connectivity index is 2.39. The molecule has 0 fully saturated rings. The highest BCUT2D eigenvalue weighted by Gasteiger charge is 2.24. The summed E-state index contributed by atoms with van der Waals surface area (Å²) in [5.74, 6) is 0.975.